The largest absolute Gasteiger partial charge is 0.480 e. The van der Waals surface area contributed by atoms with E-state index in [0.717, 1.165) is 22.3 Å². The van der Waals surface area contributed by atoms with Gasteiger partial charge in [0, 0.05) is 18.4 Å². The lowest BCUT2D eigenvalue weighted by Crippen LogP contribution is -2.49. The molecule has 0 heterocycles. The number of nitrogens with one attached hydrogen (secondary N) is 2. The maximum absolute atomic E-state index is 12.4. The number of carboxylic acids is 1. The molecule has 0 fully saturated rings. The molecule has 2 aromatic rings. The number of hydrogen-bond acceptors (Lipinski definition) is 5. The molecule has 3 rings (SSSR count). The van der Waals surface area contributed by atoms with Gasteiger partial charge >= 0.3 is 12.1 Å². The molecule has 8 heteroatoms. The third kappa shape index (κ3) is 5.26. The Bertz CT molecular complexity index is 944. The molecule has 2 amide bonds. The normalized spacial score (nSPS) is 15.1. The zero-order chi connectivity index (χ0) is 23.3. The number of alkyl carbamates (subject to hydrolysis) is 1. The van der Waals surface area contributed by atoms with Crippen molar-refractivity contribution in [3.63, 3.8) is 0 Å². The number of benzene rings is 2. The van der Waals surface area contributed by atoms with E-state index in [1.54, 1.807) is 6.92 Å². The Morgan fingerprint density at radius 2 is 1.56 bits per heavy atom. The number of carbonyl (C=O) groups excluding carboxylic acids is 2. The Morgan fingerprint density at radius 3 is 2.06 bits per heavy atom. The number of hydrogen-bond donors (Lipinski definition) is 4. The van der Waals surface area contributed by atoms with E-state index in [1.165, 1.54) is 6.92 Å². The van der Waals surface area contributed by atoms with Crippen LogP contribution in [0.2, 0.25) is 0 Å². The summed E-state index contributed by atoms with van der Waals surface area (Å²) in [5, 5.41) is 23.5. The summed E-state index contributed by atoms with van der Waals surface area (Å²) in [7, 11) is 0. The highest BCUT2D eigenvalue weighted by Gasteiger charge is 2.30. The first-order chi connectivity index (χ1) is 15.3. The van der Waals surface area contributed by atoms with E-state index in [9.17, 15) is 19.5 Å². The molecular formula is C24H28N2O6. The van der Waals surface area contributed by atoms with Crippen molar-refractivity contribution in [1.29, 1.82) is 0 Å². The van der Waals surface area contributed by atoms with Gasteiger partial charge in [-0.05, 0) is 35.6 Å². The van der Waals surface area contributed by atoms with Crippen LogP contribution in [0.4, 0.5) is 4.79 Å². The van der Waals surface area contributed by atoms with Crippen molar-refractivity contribution in [2.45, 2.75) is 50.8 Å². The predicted molar refractivity (Wildman–Crippen MR) is 118 cm³/mol. The topological polar surface area (TPSA) is 125 Å². The maximum Gasteiger partial charge on any atom is 0.407 e. The van der Waals surface area contributed by atoms with Crippen molar-refractivity contribution in [3.8, 4) is 11.1 Å². The number of carbonyl (C=O) groups is 3. The number of ether oxygens (including phenoxy) is 1. The third-order valence-electron chi connectivity index (χ3n) is 5.66. The van der Waals surface area contributed by atoms with Crippen LogP contribution in [0.3, 0.4) is 0 Å². The molecular weight excluding hydrogens is 412 g/mol. The molecule has 0 radical (unpaired) electrons. The van der Waals surface area contributed by atoms with Crippen LogP contribution < -0.4 is 10.6 Å². The zero-order valence-corrected chi connectivity index (χ0v) is 18.1. The van der Waals surface area contributed by atoms with Gasteiger partial charge in [-0.1, -0.05) is 55.5 Å². The minimum Gasteiger partial charge on any atom is -0.480 e. The van der Waals surface area contributed by atoms with Gasteiger partial charge in [0.05, 0.1) is 6.10 Å². The molecule has 170 valence electrons. The van der Waals surface area contributed by atoms with Crippen LogP contribution in [-0.4, -0.2) is 53.0 Å². The number of aliphatic hydroxyl groups excluding tert-OH is 1. The molecule has 0 aliphatic heterocycles. The molecule has 0 bridgehead atoms. The van der Waals surface area contributed by atoms with Gasteiger partial charge in [0.2, 0.25) is 5.91 Å². The van der Waals surface area contributed by atoms with Gasteiger partial charge in [-0.25, -0.2) is 9.59 Å². The molecule has 0 saturated carbocycles. The summed E-state index contributed by atoms with van der Waals surface area (Å²) in [6, 6.07) is 14.1. The molecule has 32 heavy (non-hydrogen) atoms. The minimum atomic E-state index is -1.41. The molecule has 2 aromatic carbocycles. The van der Waals surface area contributed by atoms with E-state index < -0.39 is 36.2 Å². The number of amides is 2. The molecule has 4 N–H and O–H groups in total. The quantitative estimate of drug-likeness (QED) is 0.475. The second-order valence-electron chi connectivity index (χ2n) is 7.90. The highest BCUT2D eigenvalue weighted by molar-refractivity contribution is 5.84. The predicted octanol–water partition coefficient (Wildman–Crippen LogP) is 2.64. The standard InChI is InChI=1S/C24H28N2O6/c1-3-15(12-21(28)26-22(14(2)27)23(29)30)25-24(31)32-13-20-18-10-6-4-8-16(18)17-9-5-7-11-19(17)20/h4-11,14-15,20,22,27H,3,12-13H2,1-2H3,(H,25,31)(H,26,28)(H,29,30)/t14?,15-,22?/m1/s1. The smallest absolute Gasteiger partial charge is 0.407 e. The SMILES string of the molecule is CC[C@H](CC(=O)NC(C(=O)O)C(C)O)NC(=O)OCC1c2ccccc2-c2ccccc21. The van der Waals surface area contributed by atoms with E-state index >= 15 is 0 Å². The van der Waals surface area contributed by atoms with Crippen LogP contribution in [0.25, 0.3) is 11.1 Å². The van der Waals surface area contributed by atoms with Crippen LogP contribution in [0, 0.1) is 0 Å². The number of aliphatic carboxylic acids is 1. The Morgan fingerprint density at radius 1 is 1.00 bits per heavy atom. The summed E-state index contributed by atoms with van der Waals surface area (Å²) >= 11 is 0. The van der Waals surface area contributed by atoms with E-state index in [2.05, 4.69) is 22.8 Å². The second kappa shape index (κ2) is 10.3. The fraction of sp³-hybridized carbons (Fsp3) is 0.375. The van der Waals surface area contributed by atoms with Crippen LogP contribution in [0.15, 0.2) is 48.5 Å². The Labute approximate surface area is 186 Å². The summed E-state index contributed by atoms with van der Waals surface area (Å²) in [4.78, 5) is 35.7. The van der Waals surface area contributed by atoms with Crippen molar-refractivity contribution in [1.82, 2.24) is 10.6 Å². The van der Waals surface area contributed by atoms with E-state index in [-0.39, 0.29) is 18.9 Å². The first-order valence-corrected chi connectivity index (χ1v) is 10.6. The fourth-order valence-electron chi connectivity index (χ4n) is 3.95. The lowest BCUT2D eigenvalue weighted by atomic mass is 9.98. The summed E-state index contributed by atoms with van der Waals surface area (Å²) in [5.41, 5.74) is 4.47. The Balaban J connectivity index is 1.57. The van der Waals surface area contributed by atoms with Crippen molar-refractivity contribution in [3.05, 3.63) is 59.7 Å². The van der Waals surface area contributed by atoms with Gasteiger partial charge in [0.25, 0.3) is 0 Å². The number of rotatable bonds is 9. The maximum atomic E-state index is 12.4. The Hall–Kier alpha value is -3.39. The van der Waals surface area contributed by atoms with Gasteiger partial charge in [-0.3, -0.25) is 4.79 Å². The van der Waals surface area contributed by atoms with E-state index in [0.29, 0.717) is 6.42 Å². The molecule has 3 atom stereocenters. The molecule has 0 saturated heterocycles. The Kier molecular flexibility index (Phi) is 7.48. The van der Waals surface area contributed by atoms with Crippen molar-refractivity contribution < 1.29 is 29.3 Å². The van der Waals surface area contributed by atoms with Crippen LogP contribution in [0.1, 0.15) is 43.7 Å². The monoisotopic (exact) mass is 440 g/mol. The van der Waals surface area contributed by atoms with Gasteiger partial charge < -0.3 is 25.6 Å². The molecule has 0 spiro atoms. The molecule has 0 aromatic heterocycles. The highest BCUT2D eigenvalue weighted by Crippen LogP contribution is 2.44. The first kappa shape index (κ1) is 23.3. The van der Waals surface area contributed by atoms with Crippen molar-refractivity contribution in [2.24, 2.45) is 0 Å². The van der Waals surface area contributed by atoms with E-state index in [1.807, 2.05) is 36.4 Å². The summed E-state index contributed by atoms with van der Waals surface area (Å²) < 4.78 is 5.50. The minimum absolute atomic E-state index is 0.0705. The lowest BCUT2D eigenvalue weighted by Gasteiger charge is -2.21. The number of carboxylic acid groups (broad SMARTS) is 1. The van der Waals surface area contributed by atoms with Gasteiger partial charge in [-0.2, -0.15) is 0 Å². The average Bonchev–Trinajstić information content (AvgIpc) is 3.09. The summed E-state index contributed by atoms with van der Waals surface area (Å²) in [6.45, 7) is 3.24. The highest BCUT2D eigenvalue weighted by atomic mass is 16.5. The van der Waals surface area contributed by atoms with E-state index in [4.69, 9.17) is 9.84 Å². The molecule has 2 unspecified atom stereocenters. The summed E-state index contributed by atoms with van der Waals surface area (Å²) in [5.74, 6) is -1.98. The van der Waals surface area contributed by atoms with Gasteiger partial charge in [0.1, 0.15) is 6.61 Å². The van der Waals surface area contributed by atoms with Gasteiger partial charge in [-0.15, -0.1) is 0 Å². The van der Waals surface area contributed by atoms with Crippen molar-refractivity contribution in [2.75, 3.05) is 6.61 Å². The van der Waals surface area contributed by atoms with Crippen LogP contribution in [0.5, 0.6) is 0 Å². The zero-order valence-electron chi connectivity index (χ0n) is 18.1. The average molecular weight is 440 g/mol. The number of aliphatic hydroxyl groups is 1. The van der Waals surface area contributed by atoms with Crippen LogP contribution in [-0.2, 0) is 14.3 Å². The molecule has 1 aliphatic carbocycles. The van der Waals surface area contributed by atoms with Crippen molar-refractivity contribution >= 4 is 18.0 Å². The summed E-state index contributed by atoms with van der Waals surface area (Å²) in [6.07, 6.45) is -1.57. The first-order valence-electron chi connectivity index (χ1n) is 10.6. The third-order valence-corrected chi connectivity index (χ3v) is 5.66. The molecule has 1 aliphatic rings. The second-order valence-corrected chi connectivity index (χ2v) is 7.90. The van der Waals surface area contributed by atoms with Gasteiger partial charge in [0.15, 0.2) is 6.04 Å². The molecule has 8 nitrogen and oxygen atoms in total. The van der Waals surface area contributed by atoms with Crippen LogP contribution >= 0.6 is 0 Å². The number of fused-ring (bicyclic) bond motifs is 3. The lowest BCUT2D eigenvalue weighted by molar-refractivity contribution is -0.144. The fourth-order valence-corrected chi connectivity index (χ4v) is 3.95.